The lowest BCUT2D eigenvalue weighted by Gasteiger charge is -2.45. The molecule has 2 heteroatoms. The average Bonchev–Trinajstić information content (AvgIpc) is 2.42. The third kappa shape index (κ3) is 2.06. The van der Waals surface area contributed by atoms with Crippen LogP contribution in [-0.4, -0.2) is 23.4 Å². The van der Waals surface area contributed by atoms with Crippen LogP contribution in [0.2, 0.25) is 0 Å². The van der Waals surface area contributed by atoms with Crippen LogP contribution in [-0.2, 0) is 4.74 Å². The maximum atomic E-state index is 11.2. The minimum absolute atomic E-state index is 0.446. The molecule has 2 nitrogen and oxygen atoms in total. The van der Waals surface area contributed by atoms with E-state index >= 15 is 0 Å². The molecular formula is C15H26O2. The highest BCUT2D eigenvalue weighted by Gasteiger charge is 2.54. The fourth-order valence-corrected chi connectivity index (χ4v) is 3.85. The summed E-state index contributed by atoms with van der Waals surface area (Å²) in [7, 11) is 1.74. The Balaban J connectivity index is 2.37. The second-order valence-electron chi connectivity index (χ2n) is 6.47. The largest absolute Gasteiger partial charge is 0.387 e. The van der Waals surface area contributed by atoms with E-state index in [2.05, 4.69) is 32.9 Å². The molecule has 4 atom stereocenters. The summed E-state index contributed by atoms with van der Waals surface area (Å²) in [5.74, 6) is 1.67. The number of allylic oxidation sites excluding steroid dienone is 1. The van der Waals surface area contributed by atoms with Gasteiger partial charge in [0.15, 0.2) is 0 Å². The quantitative estimate of drug-likeness (QED) is 0.765. The Morgan fingerprint density at radius 2 is 2.18 bits per heavy atom. The van der Waals surface area contributed by atoms with Gasteiger partial charge in [0.1, 0.15) is 5.60 Å². The normalized spacial score (nSPS) is 45.3. The maximum absolute atomic E-state index is 11.2. The molecule has 17 heavy (non-hydrogen) atoms. The number of ether oxygens (including phenoxy) is 1. The molecule has 0 aliphatic heterocycles. The summed E-state index contributed by atoms with van der Waals surface area (Å²) in [5, 5.41) is 11.2. The van der Waals surface area contributed by atoms with E-state index in [4.69, 9.17) is 4.74 Å². The van der Waals surface area contributed by atoms with Crippen molar-refractivity contribution in [2.24, 2.45) is 17.8 Å². The van der Waals surface area contributed by atoms with Crippen molar-refractivity contribution in [2.75, 3.05) is 7.11 Å². The highest BCUT2D eigenvalue weighted by Crippen LogP contribution is 2.50. The van der Waals surface area contributed by atoms with E-state index in [1.807, 2.05) is 0 Å². The lowest BCUT2D eigenvalue weighted by molar-refractivity contribution is -0.157. The van der Waals surface area contributed by atoms with Crippen molar-refractivity contribution in [2.45, 2.75) is 57.7 Å². The summed E-state index contributed by atoms with van der Waals surface area (Å²) in [4.78, 5) is 0. The topological polar surface area (TPSA) is 29.5 Å². The predicted molar refractivity (Wildman–Crippen MR) is 69.8 cm³/mol. The Morgan fingerprint density at radius 1 is 1.47 bits per heavy atom. The van der Waals surface area contributed by atoms with Gasteiger partial charge < -0.3 is 9.84 Å². The van der Waals surface area contributed by atoms with Gasteiger partial charge in [0.05, 0.1) is 5.60 Å². The van der Waals surface area contributed by atoms with E-state index in [-0.39, 0.29) is 0 Å². The summed E-state index contributed by atoms with van der Waals surface area (Å²) in [5.41, 5.74) is -1.14. The van der Waals surface area contributed by atoms with E-state index in [9.17, 15) is 5.11 Å². The molecule has 0 spiro atoms. The first-order chi connectivity index (χ1) is 7.92. The zero-order chi connectivity index (χ0) is 12.7. The van der Waals surface area contributed by atoms with Gasteiger partial charge in [-0.15, -0.1) is 0 Å². The number of aliphatic hydroxyl groups is 1. The molecule has 3 rings (SSSR count). The minimum atomic E-state index is -0.697. The van der Waals surface area contributed by atoms with Crippen LogP contribution in [0.15, 0.2) is 12.2 Å². The minimum Gasteiger partial charge on any atom is -0.387 e. The van der Waals surface area contributed by atoms with Crippen LogP contribution in [0, 0.1) is 17.8 Å². The lowest BCUT2D eigenvalue weighted by Crippen LogP contribution is -2.54. The zero-order valence-corrected chi connectivity index (χ0v) is 11.6. The average molecular weight is 238 g/mol. The van der Waals surface area contributed by atoms with Gasteiger partial charge in [-0.3, -0.25) is 0 Å². The molecule has 3 aliphatic rings. The molecule has 0 saturated heterocycles. The number of hydrogen-bond acceptors (Lipinski definition) is 2. The van der Waals surface area contributed by atoms with E-state index in [1.165, 1.54) is 0 Å². The van der Waals surface area contributed by atoms with Crippen LogP contribution >= 0.6 is 0 Å². The number of methoxy groups -OCH3 is 1. The molecule has 1 fully saturated rings. The van der Waals surface area contributed by atoms with Crippen molar-refractivity contribution >= 4 is 0 Å². The van der Waals surface area contributed by atoms with E-state index in [0.29, 0.717) is 17.8 Å². The van der Waals surface area contributed by atoms with Gasteiger partial charge in [0, 0.05) is 7.11 Å². The smallest absolute Gasteiger partial charge is 0.114 e. The molecule has 2 bridgehead atoms. The maximum Gasteiger partial charge on any atom is 0.114 e. The highest BCUT2D eigenvalue weighted by atomic mass is 16.5. The summed E-state index contributed by atoms with van der Waals surface area (Å²) in [6.45, 7) is 6.61. The van der Waals surface area contributed by atoms with E-state index < -0.39 is 11.2 Å². The highest BCUT2D eigenvalue weighted by molar-refractivity contribution is 5.21. The molecule has 0 amide bonds. The van der Waals surface area contributed by atoms with Crippen LogP contribution in [0.3, 0.4) is 0 Å². The van der Waals surface area contributed by atoms with Crippen molar-refractivity contribution < 1.29 is 9.84 Å². The van der Waals surface area contributed by atoms with Crippen molar-refractivity contribution in [1.29, 1.82) is 0 Å². The van der Waals surface area contributed by atoms with Gasteiger partial charge in [-0.25, -0.2) is 0 Å². The molecule has 0 aromatic heterocycles. The van der Waals surface area contributed by atoms with Crippen LogP contribution < -0.4 is 0 Å². The first kappa shape index (κ1) is 13.1. The fraction of sp³-hybridized carbons (Fsp3) is 0.867. The number of fused-ring (bicyclic) bond motifs is 3. The lowest BCUT2D eigenvalue weighted by atomic mass is 9.73. The van der Waals surface area contributed by atoms with Gasteiger partial charge in [-0.1, -0.05) is 32.9 Å². The fourth-order valence-electron chi connectivity index (χ4n) is 3.85. The molecule has 0 aromatic rings. The molecule has 0 aromatic carbocycles. The van der Waals surface area contributed by atoms with Gasteiger partial charge in [-0.05, 0) is 43.4 Å². The second kappa shape index (κ2) is 4.40. The monoisotopic (exact) mass is 238 g/mol. The van der Waals surface area contributed by atoms with Gasteiger partial charge in [0.2, 0.25) is 0 Å². The molecule has 1 N–H and O–H groups in total. The Hall–Kier alpha value is -0.340. The van der Waals surface area contributed by atoms with Gasteiger partial charge >= 0.3 is 0 Å². The predicted octanol–water partition coefficient (Wildman–Crippen LogP) is 3.15. The summed E-state index contributed by atoms with van der Waals surface area (Å²) in [6, 6.07) is 0. The number of hydrogen-bond donors (Lipinski definition) is 1. The molecule has 1 saturated carbocycles. The first-order valence-electron chi connectivity index (χ1n) is 6.89. The van der Waals surface area contributed by atoms with Crippen molar-refractivity contribution in [3.8, 4) is 0 Å². The summed E-state index contributed by atoms with van der Waals surface area (Å²) < 4.78 is 5.77. The third-order valence-corrected chi connectivity index (χ3v) is 4.75. The van der Waals surface area contributed by atoms with E-state index in [1.54, 1.807) is 7.11 Å². The summed E-state index contributed by atoms with van der Waals surface area (Å²) in [6.07, 6.45) is 8.20. The Morgan fingerprint density at radius 3 is 2.65 bits per heavy atom. The SMILES string of the molecule is COC12C=CC(CC1)C(C)CC2(O)CC(C)C. The van der Waals surface area contributed by atoms with Crippen molar-refractivity contribution in [3.05, 3.63) is 12.2 Å². The molecule has 3 aliphatic carbocycles. The van der Waals surface area contributed by atoms with E-state index in [0.717, 1.165) is 25.7 Å². The van der Waals surface area contributed by atoms with Crippen molar-refractivity contribution in [1.82, 2.24) is 0 Å². The van der Waals surface area contributed by atoms with Crippen molar-refractivity contribution in [3.63, 3.8) is 0 Å². The molecule has 4 unspecified atom stereocenters. The second-order valence-corrected chi connectivity index (χ2v) is 6.47. The van der Waals surface area contributed by atoms with Gasteiger partial charge in [0.25, 0.3) is 0 Å². The Kier molecular flexibility index (Phi) is 3.39. The number of rotatable bonds is 3. The van der Waals surface area contributed by atoms with Crippen LogP contribution in [0.25, 0.3) is 0 Å². The third-order valence-electron chi connectivity index (χ3n) is 4.75. The van der Waals surface area contributed by atoms with Crippen LogP contribution in [0.4, 0.5) is 0 Å². The first-order valence-corrected chi connectivity index (χ1v) is 6.89. The molecular weight excluding hydrogens is 212 g/mol. The Labute approximate surface area is 105 Å². The van der Waals surface area contributed by atoms with Crippen LogP contribution in [0.1, 0.15) is 46.5 Å². The Bertz CT molecular complexity index is 310. The zero-order valence-electron chi connectivity index (χ0n) is 11.6. The summed E-state index contributed by atoms with van der Waals surface area (Å²) >= 11 is 0. The van der Waals surface area contributed by atoms with Gasteiger partial charge in [-0.2, -0.15) is 0 Å². The molecule has 0 radical (unpaired) electrons. The molecule has 0 heterocycles. The standard InChI is InChI=1S/C15H26O2/c1-11(2)9-14(16)10-12(3)13-5-7-15(14,17-4)8-6-13/h5,7,11-13,16H,6,8-10H2,1-4H3. The molecule has 98 valence electrons. The van der Waals surface area contributed by atoms with Crippen LogP contribution in [0.5, 0.6) is 0 Å².